The Morgan fingerprint density at radius 1 is 1.00 bits per heavy atom. The van der Waals surface area contributed by atoms with Crippen molar-refractivity contribution in [2.24, 2.45) is 0 Å². The second kappa shape index (κ2) is 8.93. The lowest BCUT2D eigenvalue weighted by atomic mass is 10.1. The van der Waals surface area contributed by atoms with Crippen molar-refractivity contribution in [1.82, 2.24) is 15.1 Å². The van der Waals surface area contributed by atoms with Crippen LogP contribution in [0.2, 0.25) is 0 Å². The van der Waals surface area contributed by atoms with E-state index in [9.17, 15) is 0 Å². The third kappa shape index (κ3) is 6.73. The highest BCUT2D eigenvalue weighted by Gasteiger charge is 2.25. The van der Waals surface area contributed by atoms with Gasteiger partial charge in [0, 0.05) is 31.2 Å². The van der Waals surface area contributed by atoms with Gasteiger partial charge in [-0.05, 0) is 46.8 Å². The average molecular weight is 269 g/mol. The third-order valence-corrected chi connectivity index (χ3v) is 4.39. The molecule has 1 aliphatic heterocycles. The Morgan fingerprint density at radius 2 is 1.58 bits per heavy atom. The summed E-state index contributed by atoms with van der Waals surface area (Å²) in [6.07, 6.45) is 5.45. The number of unbranched alkanes of at least 4 members (excludes halogenated alkanes) is 3. The minimum Gasteiger partial charge on any atom is -0.315 e. The molecule has 0 bridgehead atoms. The van der Waals surface area contributed by atoms with Gasteiger partial charge in [-0.15, -0.1) is 0 Å². The van der Waals surface area contributed by atoms with Crippen LogP contribution in [0.1, 0.15) is 53.4 Å². The quantitative estimate of drug-likeness (QED) is 0.683. The zero-order valence-corrected chi connectivity index (χ0v) is 13.8. The Bertz CT molecular complexity index is 218. The molecule has 2 unspecified atom stereocenters. The molecule has 0 saturated carbocycles. The summed E-state index contributed by atoms with van der Waals surface area (Å²) >= 11 is 0. The monoisotopic (exact) mass is 269 g/mol. The summed E-state index contributed by atoms with van der Waals surface area (Å²) in [4.78, 5) is 5.16. The fourth-order valence-corrected chi connectivity index (χ4v) is 2.90. The number of hydrogen-bond donors (Lipinski definition) is 1. The van der Waals surface area contributed by atoms with Gasteiger partial charge < -0.3 is 10.2 Å². The number of likely N-dealkylation sites (N-methyl/N-ethyl adjacent to an activating group) is 1. The lowest BCUT2D eigenvalue weighted by molar-refractivity contribution is 0.0591. The van der Waals surface area contributed by atoms with Crippen LogP contribution in [0.5, 0.6) is 0 Å². The van der Waals surface area contributed by atoms with Crippen molar-refractivity contribution in [2.75, 3.05) is 33.2 Å². The molecule has 0 radical (unpaired) electrons. The van der Waals surface area contributed by atoms with E-state index in [0.29, 0.717) is 18.1 Å². The summed E-state index contributed by atoms with van der Waals surface area (Å²) in [7, 11) is 2.26. The second-order valence-corrected chi connectivity index (χ2v) is 6.65. The van der Waals surface area contributed by atoms with Crippen molar-refractivity contribution < 1.29 is 0 Å². The minimum atomic E-state index is 0.633. The smallest absolute Gasteiger partial charge is 0.0195 e. The molecule has 3 nitrogen and oxygen atoms in total. The molecule has 114 valence electrons. The Morgan fingerprint density at radius 3 is 2.16 bits per heavy atom. The van der Waals surface area contributed by atoms with E-state index in [1.807, 2.05) is 0 Å². The first-order chi connectivity index (χ1) is 9.00. The molecule has 0 aromatic rings. The summed E-state index contributed by atoms with van der Waals surface area (Å²) in [5.74, 6) is 0. The molecule has 2 atom stereocenters. The van der Waals surface area contributed by atoms with Crippen molar-refractivity contribution in [1.29, 1.82) is 0 Å². The van der Waals surface area contributed by atoms with Crippen LogP contribution in [0.15, 0.2) is 0 Å². The normalized spacial score (nSPS) is 26.2. The van der Waals surface area contributed by atoms with Crippen LogP contribution in [0.4, 0.5) is 0 Å². The minimum absolute atomic E-state index is 0.633. The molecule has 0 spiro atoms. The standard InChI is InChI=1S/C16H35N3/c1-14(2)17-10-8-6-7-9-11-19-12-15(3)18(5)16(4)13-19/h14-17H,6-13H2,1-5H3. The number of hydrogen-bond acceptors (Lipinski definition) is 3. The van der Waals surface area contributed by atoms with Crippen LogP contribution in [-0.2, 0) is 0 Å². The highest BCUT2D eigenvalue weighted by atomic mass is 15.3. The van der Waals surface area contributed by atoms with E-state index in [4.69, 9.17) is 0 Å². The van der Waals surface area contributed by atoms with E-state index in [1.54, 1.807) is 0 Å². The first kappa shape index (κ1) is 16.9. The maximum atomic E-state index is 3.49. The number of rotatable bonds is 8. The van der Waals surface area contributed by atoms with Gasteiger partial charge in [0.05, 0.1) is 0 Å². The summed E-state index contributed by atoms with van der Waals surface area (Å²) < 4.78 is 0. The van der Waals surface area contributed by atoms with E-state index >= 15 is 0 Å². The van der Waals surface area contributed by atoms with Gasteiger partial charge in [0.1, 0.15) is 0 Å². The molecule has 0 aromatic heterocycles. The Balaban J connectivity index is 2.01. The van der Waals surface area contributed by atoms with E-state index in [2.05, 4.69) is 49.9 Å². The van der Waals surface area contributed by atoms with Gasteiger partial charge >= 0.3 is 0 Å². The zero-order valence-electron chi connectivity index (χ0n) is 13.8. The summed E-state index contributed by atoms with van der Waals surface area (Å²) in [6, 6.07) is 2.05. The van der Waals surface area contributed by atoms with E-state index in [-0.39, 0.29) is 0 Å². The lowest BCUT2D eigenvalue weighted by Gasteiger charge is -2.42. The Labute approximate surface area is 120 Å². The van der Waals surface area contributed by atoms with Crippen molar-refractivity contribution in [3.05, 3.63) is 0 Å². The highest BCUT2D eigenvalue weighted by Crippen LogP contribution is 2.14. The highest BCUT2D eigenvalue weighted by molar-refractivity contribution is 4.82. The van der Waals surface area contributed by atoms with Crippen LogP contribution in [0.3, 0.4) is 0 Å². The molecule has 1 N–H and O–H groups in total. The molecule has 19 heavy (non-hydrogen) atoms. The van der Waals surface area contributed by atoms with Gasteiger partial charge in [-0.25, -0.2) is 0 Å². The fraction of sp³-hybridized carbons (Fsp3) is 1.00. The predicted molar refractivity (Wildman–Crippen MR) is 84.7 cm³/mol. The van der Waals surface area contributed by atoms with Gasteiger partial charge in [0.15, 0.2) is 0 Å². The molecule has 0 amide bonds. The summed E-state index contributed by atoms with van der Waals surface area (Å²) in [5.41, 5.74) is 0. The molecular weight excluding hydrogens is 234 g/mol. The summed E-state index contributed by atoms with van der Waals surface area (Å²) in [6.45, 7) is 14.1. The number of piperazine rings is 1. The number of nitrogens with one attached hydrogen (secondary N) is 1. The first-order valence-corrected chi connectivity index (χ1v) is 8.18. The van der Waals surface area contributed by atoms with Gasteiger partial charge in [-0.2, -0.15) is 0 Å². The summed E-state index contributed by atoms with van der Waals surface area (Å²) in [5, 5.41) is 3.49. The van der Waals surface area contributed by atoms with Crippen LogP contribution >= 0.6 is 0 Å². The lowest BCUT2D eigenvalue weighted by Crippen LogP contribution is -2.54. The zero-order chi connectivity index (χ0) is 14.3. The van der Waals surface area contributed by atoms with Crippen LogP contribution in [0.25, 0.3) is 0 Å². The Kier molecular flexibility index (Phi) is 7.96. The maximum Gasteiger partial charge on any atom is 0.0195 e. The van der Waals surface area contributed by atoms with Gasteiger partial charge in [-0.1, -0.05) is 26.7 Å². The molecule has 1 heterocycles. The molecule has 0 aliphatic carbocycles. The largest absolute Gasteiger partial charge is 0.315 e. The van der Waals surface area contributed by atoms with Gasteiger partial charge in [-0.3, -0.25) is 4.90 Å². The predicted octanol–water partition coefficient (Wildman–Crippen LogP) is 2.57. The molecule has 3 heteroatoms. The van der Waals surface area contributed by atoms with Crippen LogP contribution < -0.4 is 5.32 Å². The van der Waals surface area contributed by atoms with Crippen molar-refractivity contribution >= 4 is 0 Å². The first-order valence-electron chi connectivity index (χ1n) is 8.18. The molecule has 1 saturated heterocycles. The van der Waals surface area contributed by atoms with Crippen LogP contribution in [-0.4, -0.2) is 61.2 Å². The van der Waals surface area contributed by atoms with Crippen molar-refractivity contribution in [3.8, 4) is 0 Å². The van der Waals surface area contributed by atoms with Gasteiger partial charge in [0.2, 0.25) is 0 Å². The number of nitrogens with zero attached hydrogens (tertiary/aromatic N) is 2. The fourth-order valence-electron chi connectivity index (χ4n) is 2.90. The molecule has 1 aliphatic rings. The maximum absolute atomic E-state index is 3.49. The van der Waals surface area contributed by atoms with Crippen LogP contribution in [0, 0.1) is 0 Å². The molecule has 1 rings (SSSR count). The molecule has 1 fully saturated rings. The van der Waals surface area contributed by atoms with Crippen molar-refractivity contribution in [2.45, 2.75) is 71.5 Å². The SMILES string of the molecule is CC(C)NCCCCCCN1CC(C)N(C)C(C)C1. The second-order valence-electron chi connectivity index (χ2n) is 6.65. The molecule has 0 aromatic carbocycles. The van der Waals surface area contributed by atoms with E-state index in [0.717, 1.165) is 0 Å². The van der Waals surface area contributed by atoms with E-state index in [1.165, 1.54) is 51.9 Å². The van der Waals surface area contributed by atoms with Gasteiger partial charge in [0.25, 0.3) is 0 Å². The van der Waals surface area contributed by atoms with E-state index < -0.39 is 0 Å². The topological polar surface area (TPSA) is 18.5 Å². The van der Waals surface area contributed by atoms with Crippen molar-refractivity contribution in [3.63, 3.8) is 0 Å². The molecular formula is C16H35N3. The third-order valence-electron chi connectivity index (χ3n) is 4.39. The average Bonchev–Trinajstić information content (AvgIpc) is 2.34. The Hall–Kier alpha value is -0.120.